The Morgan fingerprint density at radius 1 is 0.571 bits per heavy atom. The number of nitrogens with one attached hydrogen (secondary N) is 2. The number of aromatic nitrogens is 1. The van der Waals surface area contributed by atoms with Gasteiger partial charge in [-0.1, -0.05) is 101 Å². The van der Waals surface area contributed by atoms with Crippen LogP contribution in [0.2, 0.25) is 0 Å². The highest BCUT2D eigenvalue weighted by Gasteiger charge is 2.29. The molecule has 0 radical (unpaired) electrons. The lowest BCUT2D eigenvalue weighted by atomic mass is 9.79. The predicted molar refractivity (Wildman–Crippen MR) is 171 cm³/mol. The van der Waals surface area contributed by atoms with Crippen LogP contribution in [0.1, 0.15) is 126 Å². The molecule has 0 atom stereocenters. The molecule has 0 saturated carbocycles. The number of anilines is 2. The van der Waals surface area contributed by atoms with Crippen molar-refractivity contribution >= 4 is 23.5 Å². The molecule has 226 valence electrons. The Kier molecular flexibility index (Phi) is 8.61. The molecular weight excluding hydrogens is 526 g/mol. The van der Waals surface area contributed by atoms with Gasteiger partial charge in [-0.2, -0.15) is 0 Å². The van der Waals surface area contributed by atoms with E-state index in [1.165, 1.54) is 0 Å². The number of aromatic hydroxyl groups is 2. The minimum absolute atomic E-state index is 0.0682. The van der Waals surface area contributed by atoms with Gasteiger partial charge >= 0.3 is 0 Å². The fourth-order valence-corrected chi connectivity index (χ4v) is 4.57. The maximum absolute atomic E-state index is 13.4. The van der Waals surface area contributed by atoms with Crippen LogP contribution in [0.4, 0.5) is 11.6 Å². The van der Waals surface area contributed by atoms with Crippen molar-refractivity contribution in [2.45, 2.75) is 105 Å². The highest BCUT2D eigenvalue weighted by molar-refractivity contribution is 6.07. The second kappa shape index (κ2) is 11.1. The standard InChI is InChI=1S/C35H47N3O4/c1-32(2,3)20-16-22(28(39)24(18-20)34(7,8)9)30(41)37-26-14-13-15-27(36-26)38-31(42)23-17-21(33(4,5)6)19-25(29(23)40)35(10,11)12/h13-19,39-40H,1-12H3,(H2,36,37,38,41,42). The fraction of sp³-hybridized carbons (Fsp3) is 0.457. The summed E-state index contributed by atoms with van der Waals surface area (Å²) in [6, 6.07) is 12.2. The number of hydrogen-bond acceptors (Lipinski definition) is 5. The lowest BCUT2D eigenvalue weighted by Crippen LogP contribution is -2.21. The van der Waals surface area contributed by atoms with Crippen molar-refractivity contribution in [2.24, 2.45) is 0 Å². The van der Waals surface area contributed by atoms with Gasteiger partial charge in [0.1, 0.15) is 23.1 Å². The predicted octanol–water partition coefficient (Wildman–Crippen LogP) is 8.19. The monoisotopic (exact) mass is 573 g/mol. The minimum atomic E-state index is -0.509. The molecule has 1 aromatic heterocycles. The summed E-state index contributed by atoms with van der Waals surface area (Å²) < 4.78 is 0. The van der Waals surface area contributed by atoms with Crippen LogP contribution < -0.4 is 10.6 Å². The first-order valence-electron chi connectivity index (χ1n) is 14.4. The molecule has 3 aromatic rings. The molecule has 0 spiro atoms. The third-order valence-corrected chi connectivity index (χ3v) is 7.29. The van der Waals surface area contributed by atoms with Crippen molar-refractivity contribution in [2.75, 3.05) is 10.6 Å². The lowest BCUT2D eigenvalue weighted by Gasteiger charge is -2.27. The molecule has 0 aliphatic carbocycles. The highest BCUT2D eigenvalue weighted by atomic mass is 16.3. The third kappa shape index (κ3) is 7.30. The lowest BCUT2D eigenvalue weighted by molar-refractivity contribution is 0.101. The molecule has 7 heteroatoms. The Labute approximate surface area is 250 Å². The van der Waals surface area contributed by atoms with Gasteiger partial charge in [-0.3, -0.25) is 9.59 Å². The number of hydrogen-bond donors (Lipinski definition) is 4. The first-order valence-corrected chi connectivity index (χ1v) is 14.4. The quantitative estimate of drug-likeness (QED) is 0.251. The number of pyridine rings is 1. The normalized spacial score (nSPS) is 12.7. The molecule has 0 aliphatic heterocycles. The molecule has 2 aromatic carbocycles. The van der Waals surface area contributed by atoms with Crippen LogP contribution in [0, 0.1) is 0 Å². The number of phenolic OH excluding ortho intramolecular Hbond substituents is 2. The van der Waals surface area contributed by atoms with E-state index >= 15 is 0 Å². The van der Waals surface area contributed by atoms with E-state index < -0.39 is 11.8 Å². The van der Waals surface area contributed by atoms with Crippen molar-refractivity contribution < 1.29 is 19.8 Å². The number of benzene rings is 2. The first-order chi connectivity index (χ1) is 19.0. The van der Waals surface area contributed by atoms with E-state index in [1.807, 2.05) is 53.7 Å². The van der Waals surface area contributed by atoms with Gasteiger partial charge in [0.05, 0.1) is 11.1 Å². The zero-order chi connectivity index (χ0) is 32.0. The van der Waals surface area contributed by atoms with Crippen LogP contribution in [-0.4, -0.2) is 27.0 Å². The van der Waals surface area contributed by atoms with E-state index in [-0.39, 0.29) is 55.9 Å². The van der Waals surface area contributed by atoms with Crippen LogP contribution in [-0.2, 0) is 21.7 Å². The van der Waals surface area contributed by atoms with Gasteiger partial charge in [-0.25, -0.2) is 4.98 Å². The summed E-state index contributed by atoms with van der Waals surface area (Å²) in [5, 5.41) is 27.7. The van der Waals surface area contributed by atoms with Gasteiger partial charge in [0.25, 0.3) is 11.8 Å². The minimum Gasteiger partial charge on any atom is -0.507 e. The molecule has 42 heavy (non-hydrogen) atoms. The molecule has 4 N–H and O–H groups in total. The van der Waals surface area contributed by atoms with Crippen molar-refractivity contribution in [1.82, 2.24) is 4.98 Å². The number of rotatable bonds is 4. The zero-order valence-corrected chi connectivity index (χ0v) is 27.2. The topological polar surface area (TPSA) is 112 Å². The molecule has 1 heterocycles. The van der Waals surface area contributed by atoms with E-state index in [4.69, 9.17) is 0 Å². The van der Waals surface area contributed by atoms with Crippen LogP contribution in [0.3, 0.4) is 0 Å². The number of phenols is 2. The Hall–Kier alpha value is -3.87. The zero-order valence-electron chi connectivity index (χ0n) is 27.2. The van der Waals surface area contributed by atoms with Crippen molar-refractivity contribution in [1.29, 1.82) is 0 Å². The maximum atomic E-state index is 13.4. The van der Waals surface area contributed by atoms with E-state index in [9.17, 15) is 19.8 Å². The van der Waals surface area contributed by atoms with Gasteiger partial charge in [0, 0.05) is 11.1 Å². The molecule has 3 rings (SSSR count). The third-order valence-electron chi connectivity index (χ3n) is 7.29. The largest absolute Gasteiger partial charge is 0.507 e. The van der Waals surface area contributed by atoms with Crippen LogP contribution in [0.15, 0.2) is 42.5 Å². The molecule has 0 fully saturated rings. The molecule has 0 bridgehead atoms. The summed E-state index contributed by atoms with van der Waals surface area (Å²) in [6.07, 6.45) is 0. The van der Waals surface area contributed by atoms with Gasteiger partial charge in [0.15, 0.2) is 0 Å². The Balaban J connectivity index is 1.96. The summed E-state index contributed by atoms with van der Waals surface area (Å²) in [6.45, 7) is 24.3. The average molecular weight is 574 g/mol. The SMILES string of the molecule is CC(C)(C)c1cc(C(=O)Nc2cccc(NC(=O)c3cc(C(C)(C)C)cc(C(C)(C)C)c3O)n2)c(O)c(C(C)(C)C)c1. The maximum Gasteiger partial charge on any atom is 0.260 e. The van der Waals surface area contributed by atoms with E-state index in [2.05, 4.69) is 57.2 Å². The number of amides is 2. The summed E-state index contributed by atoms with van der Waals surface area (Å²) in [7, 11) is 0. The number of carbonyl (C=O) groups excluding carboxylic acids is 2. The molecule has 2 amide bonds. The number of nitrogens with zero attached hydrogens (tertiary/aromatic N) is 1. The molecule has 0 aliphatic rings. The highest BCUT2D eigenvalue weighted by Crippen LogP contribution is 2.39. The van der Waals surface area contributed by atoms with Gasteiger partial charge in [-0.15, -0.1) is 0 Å². The van der Waals surface area contributed by atoms with E-state index in [0.29, 0.717) is 11.1 Å². The summed E-state index contributed by atoms with van der Waals surface area (Å²) in [4.78, 5) is 31.3. The Morgan fingerprint density at radius 3 is 1.19 bits per heavy atom. The van der Waals surface area contributed by atoms with Gasteiger partial charge in [0.2, 0.25) is 0 Å². The molecule has 0 saturated heterocycles. The molecule has 0 unspecified atom stereocenters. The number of carbonyl (C=O) groups is 2. The van der Waals surface area contributed by atoms with Crippen LogP contribution in [0.5, 0.6) is 11.5 Å². The summed E-state index contributed by atoms with van der Waals surface area (Å²) in [5.74, 6) is -0.740. The van der Waals surface area contributed by atoms with Gasteiger partial charge < -0.3 is 20.8 Å². The Morgan fingerprint density at radius 2 is 0.905 bits per heavy atom. The smallest absolute Gasteiger partial charge is 0.260 e. The van der Waals surface area contributed by atoms with E-state index in [1.54, 1.807) is 30.3 Å². The second-order valence-corrected chi connectivity index (χ2v) is 15.2. The summed E-state index contributed by atoms with van der Waals surface area (Å²) >= 11 is 0. The second-order valence-electron chi connectivity index (χ2n) is 15.2. The van der Waals surface area contributed by atoms with Crippen molar-refractivity contribution in [3.8, 4) is 11.5 Å². The summed E-state index contributed by atoms with van der Waals surface area (Å²) in [5.41, 5.74) is 2.28. The van der Waals surface area contributed by atoms with Crippen LogP contribution in [0.25, 0.3) is 0 Å². The van der Waals surface area contributed by atoms with Gasteiger partial charge in [-0.05, 0) is 57.1 Å². The van der Waals surface area contributed by atoms with Crippen molar-refractivity contribution in [3.63, 3.8) is 0 Å². The first kappa shape index (κ1) is 32.6. The van der Waals surface area contributed by atoms with E-state index in [0.717, 1.165) is 11.1 Å². The molecule has 7 nitrogen and oxygen atoms in total. The average Bonchev–Trinajstić information content (AvgIpc) is 2.81. The van der Waals surface area contributed by atoms with Crippen LogP contribution >= 0.6 is 0 Å². The Bertz CT molecular complexity index is 1400. The fourth-order valence-electron chi connectivity index (χ4n) is 4.57. The molecular formula is C35H47N3O4. The van der Waals surface area contributed by atoms with Crippen molar-refractivity contribution in [3.05, 3.63) is 75.8 Å².